The van der Waals surface area contributed by atoms with Gasteiger partial charge in [0.05, 0.1) is 24.9 Å². The van der Waals surface area contributed by atoms with Crippen LogP contribution in [0.4, 0.5) is 0 Å². The van der Waals surface area contributed by atoms with E-state index in [2.05, 4.69) is 39.1 Å². The lowest BCUT2D eigenvalue weighted by Crippen LogP contribution is -2.33. The second-order valence-corrected chi connectivity index (χ2v) is 7.47. The molecule has 0 aliphatic carbocycles. The third-order valence-electron chi connectivity index (χ3n) is 3.93. The molecule has 0 bridgehead atoms. The lowest BCUT2D eigenvalue weighted by atomic mass is 10.0. The fourth-order valence-corrected chi connectivity index (χ4v) is 3.91. The molecule has 0 radical (unpaired) electrons. The van der Waals surface area contributed by atoms with Gasteiger partial charge in [0.15, 0.2) is 0 Å². The molecule has 1 N–H and O–H groups in total. The third-order valence-corrected chi connectivity index (χ3v) is 5.02. The van der Waals surface area contributed by atoms with Gasteiger partial charge in [-0.1, -0.05) is 6.92 Å². The first-order valence-corrected chi connectivity index (χ1v) is 8.96. The van der Waals surface area contributed by atoms with Crippen LogP contribution in [0.2, 0.25) is 0 Å². The summed E-state index contributed by atoms with van der Waals surface area (Å²) in [6.07, 6.45) is 4.18. The number of thiophene rings is 1. The van der Waals surface area contributed by atoms with Gasteiger partial charge in [-0.2, -0.15) is 0 Å². The van der Waals surface area contributed by atoms with Crippen LogP contribution in [0.3, 0.4) is 0 Å². The summed E-state index contributed by atoms with van der Waals surface area (Å²) in [7, 11) is 0. The molecule has 1 aliphatic heterocycles. The number of rotatable bonds is 7. The maximum absolute atomic E-state index is 6.14. The molecule has 2 rings (SSSR count). The van der Waals surface area contributed by atoms with E-state index in [0.717, 1.165) is 32.5 Å². The number of ether oxygens (including phenoxy) is 2. The zero-order valence-electron chi connectivity index (χ0n) is 13.8. The Morgan fingerprint density at radius 2 is 2.05 bits per heavy atom. The topological polar surface area (TPSA) is 30.5 Å². The van der Waals surface area contributed by atoms with Crippen LogP contribution in [-0.4, -0.2) is 24.9 Å². The average Bonchev–Trinajstić information content (AvgIpc) is 2.76. The minimum absolute atomic E-state index is 0.316. The molecule has 2 atom stereocenters. The number of nitrogens with one attached hydrogen (secondary N) is 1. The van der Waals surface area contributed by atoms with Crippen LogP contribution in [-0.2, 0) is 22.6 Å². The second kappa shape index (κ2) is 8.28. The van der Waals surface area contributed by atoms with Crippen molar-refractivity contribution in [3.63, 3.8) is 0 Å². The van der Waals surface area contributed by atoms with Crippen molar-refractivity contribution in [2.75, 3.05) is 6.54 Å². The smallest absolute Gasteiger partial charge is 0.0731 e. The second-order valence-electron chi connectivity index (χ2n) is 6.13. The standard InChI is InChI=1S/C17H29NO2S/c1-5-6-18-10-17-9-15(14(4)21-17)11-19-16-7-12(2)20-13(3)8-16/h9,12-13,16,18H,5-8,10-11H2,1-4H3. The highest BCUT2D eigenvalue weighted by molar-refractivity contribution is 7.12. The number of hydrogen-bond donors (Lipinski definition) is 1. The molecule has 1 aliphatic rings. The first-order chi connectivity index (χ1) is 10.1. The van der Waals surface area contributed by atoms with Crippen LogP contribution < -0.4 is 5.32 Å². The average molecular weight is 311 g/mol. The van der Waals surface area contributed by atoms with Crippen LogP contribution in [0.1, 0.15) is 55.4 Å². The van der Waals surface area contributed by atoms with E-state index < -0.39 is 0 Å². The van der Waals surface area contributed by atoms with Crippen molar-refractivity contribution < 1.29 is 9.47 Å². The zero-order chi connectivity index (χ0) is 15.2. The molecule has 2 unspecified atom stereocenters. The van der Waals surface area contributed by atoms with Gasteiger partial charge in [-0.25, -0.2) is 0 Å². The molecule has 2 heterocycles. The first-order valence-electron chi connectivity index (χ1n) is 8.14. The Morgan fingerprint density at radius 1 is 1.33 bits per heavy atom. The zero-order valence-corrected chi connectivity index (χ0v) is 14.6. The van der Waals surface area contributed by atoms with E-state index in [9.17, 15) is 0 Å². The Bertz CT molecular complexity index is 422. The summed E-state index contributed by atoms with van der Waals surface area (Å²) in [5, 5.41) is 3.46. The fraction of sp³-hybridized carbons (Fsp3) is 0.765. The van der Waals surface area contributed by atoms with E-state index in [-0.39, 0.29) is 0 Å². The molecule has 21 heavy (non-hydrogen) atoms. The summed E-state index contributed by atoms with van der Waals surface area (Å²) in [6, 6.07) is 2.30. The molecule has 1 aromatic heterocycles. The van der Waals surface area contributed by atoms with Crippen molar-refractivity contribution in [1.29, 1.82) is 0 Å². The highest BCUT2D eigenvalue weighted by atomic mass is 32.1. The molecule has 120 valence electrons. The van der Waals surface area contributed by atoms with Gasteiger partial charge in [0.2, 0.25) is 0 Å². The third kappa shape index (κ3) is 5.37. The molecule has 1 saturated heterocycles. The summed E-state index contributed by atoms with van der Waals surface area (Å²) in [4.78, 5) is 2.80. The van der Waals surface area contributed by atoms with E-state index in [1.54, 1.807) is 0 Å². The Labute approximate surface area is 133 Å². The monoisotopic (exact) mass is 311 g/mol. The summed E-state index contributed by atoms with van der Waals surface area (Å²) >= 11 is 1.89. The molecular weight excluding hydrogens is 282 g/mol. The van der Waals surface area contributed by atoms with Gasteiger partial charge < -0.3 is 14.8 Å². The van der Waals surface area contributed by atoms with Crippen molar-refractivity contribution in [2.45, 2.75) is 78.4 Å². The minimum Gasteiger partial charge on any atom is -0.375 e. The summed E-state index contributed by atoms with van der Waals surface area (Å²) < 4.78 is 11.9. The van der Waals surface area contributed by atoms with Crippen molar-refractivity contribution in [3.8, 4) is 0 Å². The molecular formula is C17H29NO2S. The van der Waals surface area contributed by atoms with Crippen LogP contribution in [0.15, 0.2) is 6.07 Å². The molecule has 0 spiro atoms. The molecule has 0 saturated carbocycles. The van der Waals surface area contributed by atoms with Gasteiger partial charge in [-0.15, -0.1) is 11.3 Å². The van der Waals surface area contributed by atoms with E-state index in [0.29, 0.717) is 18.3 Å². The van der Waals surface area contributed by atoms with Crippen molar-refractivity contribution in [2.24, 2.45) is 0 Å². The van der Waals surface area contributed by atoms with Crippen molar-refractivity contribution in [3.05, 3.63) is 21.4 Å². The van der Waals surface area contributed by atoms with Gasteiger partial charge in [-0.3, -0.25) is 0 Å². The molecule has 0 amide bonds. The Kier molecular flexibility index (Phi) is 6.68. The predicted molar refractivity (Wildman–Crippen MR) is 88.9 cm³/mol. The fourth-order valence-electron chi connectivity index (χ4n) is 2.89. The summed E-state index contributed by atoms with van der Waals surface area (Å²) in [6.45, 7) is 11.5. The number of aryl methyl sites for hydroxylation is 1. The van der Waals surface area contributed by atoms with Crippen LogP contribution >= 0.6 is 11.3 Å². The van der Waals surface area contributed by atoms with Gasteiger partial charge in [0.1, 0.15) is 0 Å². The Balaban J connectivity index is 1.82. The maximum Gasteiger partial charge on any atom is 0.0731 e. The van der Waals surface area contributed by atoms with Gasteiger partial charge in [0, 0.05) is 16.3 Å². The van der Waals surface area contributed by atoms with E-state index in [1.807, 2.05) is 11.3 Å². The lowest BCUT2D eigenvalue weighted by molar-refractivity contribution is -0.106. The Morgan fingerprint density at radius 3 is 2.71 bits per heavy atom. The quantitative estimate of drug-likeness (QED) is 0.771. The SMILES string of the molecule is CCCNCc1cc(COC2CC(C)OC(C)C2)c(C)s1. The first kappa shape index (κ1) is 16.9. The van der Waals surface area contributed by atoms with Crippen LogP contribution in [0.5, 0.6) is 0 Å². The van der Waals surface area contributed by atoms with Gasteiger partial charge >= 0.3 is 0 Å². The van der Waals surface area contributed by atoms with Crippen LogP contribution in [0, 0.1) is 6.92 Å². The molecule has 1 fully saturated rings. The highest BCUT2D eigenvalue weighted by Crippen LogP contribution is 2.26. The molecule has 0 aromatic carbocycles. The normalized spacial score (nSPS) is 26.2. The maximum atomic E-state index is 6.14. The lowest BCUT2D eigenvalue weighted by Gasteiger charge is -2.32. The van der Waals surface area contributed by atoms with Crippen LogP contribution in [0.25, 0.3) is 0 Å². The molecule has 4 heteroatoms. The van der Waals surface area contributed by atoms with Gasteiger partial charge in [0.25, 0.3) is 0 Å². The Hall–Kier alpha value is -0.420. The molecule has 1 aromatic rings. The summed E-state index contributed by atoms with van der Waals surface area (Å²) in [5.41, 5.74) is 1.35. The highest BCUT2D eigenvalue weighted by Gasteiger charge is 2.25. The number of hydrogen-bond acceptors (Lipinski definition) is 4. The van der Waals surface area contributed by atoms with Crippen molar-refractivity contribution in [1.82, 2.24) is 5.32 Å². The molecule has 3 nitrogen and oxygen atoms in total. The minimum atomic E-state index is 0.316. The van der Waals surface area contributed by atoms with E-state index >= 15 is 0 Å². The van der Waals surface area contributed by atoms with E-state index in [4.69, 9.17) is 9.47 Å². The van der Waals surface area contributed by atoms with E-state index in [1.165, 1.54) is 21.7 Å². The summed E-state index contributed by atoms with van der Waals surface area (Å²) in [5.74, 6) is 0. The largest absolute Gasteiger partial charge is 0.375 e. The predicted octanol–water partition coefficient (Wildman–Crippen LogP) is 4.03. The van der Waals surface area contributed by atoms with Crippen molar-refractivity contribution >= 4 is 11.3 Å². The van der Waals surface area contributed by atoms with Gasteiger partial charge in [-0.05, 0) is 58.2 Å².